The van der Waals surface area contributed by atoms with Crippen LogP contribution >= 0.6 is 11.3 Å². The van der Waals surface area contributed by atoms with Crippen LogP contribution in [-0.4, -0.2) is 5.11 Å². The smallest absolute Gasteiger partial charge is 0.0869 e. The Morgan fingerprint density at radius 2 is 1.83 bits per heavy atom. The third-order valence-electron chi connectivity index (χ3n) is 3.67. The lowest BCUT2D eigenvalue weighted by molar-refractivity contribution is 0.118. The molecule has 0 fully saturated rings. The number of aliphatic hydroxyl groups excluding tert-OH is 1. The number of thiophene rings is 1. The van der Waals surface area contributed by atoms with Gasteiger partial charge in [0.1, 0.15) is 0 Å². The fraction of sp³-hybridized carbons (Fsp3) is 0.375. The zero-order valence-corrected chi connectivity index (χ0v) is 11.7. The molecular formula is C16H20OS. The first-order chi connectivity index (χ1) is 8.74. The summed E-state index contributed by atoms with van der Waals surface area (Å²) in [6.45, 7) is 4.40. The van der Waals surface area contributed by atoms with E-state index in [-0.39, 0.29) is 5.92 Å². The SMILES string of the molecule is CCC(C)C(c1ccccc1)C(O)c1ccsc1. The van der Waals surface area contributed by atoms with Crippen LogP contribution in [0.1, 0.15) is 43.4 Å². The molecule has 1 aromatic heterocycles. The molecule has 1 N–H and O–H groups in total. The second-order valence-corrected chi connectivity index (χ2v) is 5.60. The van der Waals surface area contributed by atoms with Gasteiger partial charge < -0.3 is 5.11 Å². The van der Waals surface area contributed by atoms with Gasteiger partial charge in [0, 0.05) is 5.92 Å². The van der Waals surface area contributed by atoms with Crippen LogP contribution in [-0.2, 0) is 0 Å². The number of rotatable bonds is 5. The van der Waals surface area contributed by atoms with Gasteiger partial charge in [-0.1, -0.05) is 50.6 Å². The van der Waals surface area contributed by atoms with E-state index >= 15 is 0 Å². The Morgan fingerprint density at radius 3 is 2.39 bits per heavy atom. The highest BCUT2D eigenvalue weighted by Crippen LogP contribution is 2.38. The normalized spacial score (nSPS) is 16.2. The van der Waals surface area contributed by atoms with Gasteiger partial charge in [-0.15, -0.1) is 0 Å². The molecule has 2 aromatic rings. The van der Waals surface area contributed by atoms with Crippen LogP contribution < -0.4 is 0 Å². The number of aliphatic hydroxyl groups is 1. The van der Waals surface area contributed by atoms with Crippen molar-refractivity contribution in [3.8, 4) is 0 Å². The van der Waals surface area contributed by atoms with E-state index in [1.165, 1.54) is 5.56 Å². The molecule has 0 amide bonds. The summed E-state index contributed by atoms with van der Waals surface area (Å²) in [5, 5.41) is 14.7. The molecule has 0 aliphatic heterocycles. The molecule has 0 saturated heterocycles. The summed E-state index contributed by atoms with van der Waals surface area (Å²) in [5.41, 5.74) is 2.26. The van der Waals surface area contributed by atoms with Gasteiger partial charge in [-0.05, 0) is 33.9 Å². The summed E-state index contributed by atoms with van der Waals surface area (Å²) < 4.78 is 0. The molecule has 1 heterocycles. The molecule has 18 heavy (non-hydrogen) atoms. The van der Waals surface area contributed by atoms with E-state index < -0.39 is 6.10 Å². The molecule has 0 aliphatic rings. The fourth-order valence-electron chi connectivity index (χ4n) is 2.40. The van der Waals surface area contributed by atoms with E-state index in [4.69, 9.17) is 0 Å². The first-order valence-corrected chi connectivity index (χ1v) is 7.43. The lowest BCUT2D eigenvalue weighted by Gasteiger charge is -2.28. The van der Waals surface area contributed by atoms with Crippen LogP contribution in [0.15, 0.2) is 47.2 Å². The second-order valence-electron chi connectivity index (χ2n) is 4.82. The molecule has 0 aliphatic carbocycles. The van der Waals surface area contributed by atoms with Crippen LogP contribution in [0.4, 0.5) is 0 Å². The topological polar surface area (TPSA) is 20.2 Å². The van der Waals surface area contributed by atoms with Crippen molar-refractivity contribution in [2.24, 2.45) is 5.92 Å². The predicted molar refractivity (Wildman–Crippen MR) is 77.9 cm³/mol. The molecule has 3 atom stereocenters. The first-order valence-electron chi connectivity index (χ1n) is 6.49. The van der Waals surface area contributed by atoms with Crippen molar-refractivity contribution in [3.63, 3.8) is 0 Å². The van der Waals surface area contributed by atoms with Gasteiger partial charge in [-0.3, -0.25) is 0 Å². The maximum absolute atomic E-state index is 10.6. The largest absolute Gasteiger partial charge is 0.388 e. The van der Waals surface area contributed by atoms with Crippen molar-refractivity contribution >= 4 is 11.3 Å². The Hall–Kier alpha value is -1.12. The van der Waals surface area contributed by atoms with Crippen molar-refractivity contribution in [2.45, 2.75) is 32.3 Å². The lowest BCUT2D eigenvalue weighted by atomic mass is 9.80. The molecule has 2 heteroatoms. The quantitative estimate of drug-likeness (QED) is 0.832. The summed E-state index contributed by atoms with van der Waals surface area (Å²) in [6, 6.07) is 12.4. The van der Waals surface area contributed by atoms with Crippen LogP contribution in [0.5, 0.6) is 0 Å². The van der Waals surface area contributed by atoms with Gasteiger partial charge in [-0.25, -0.2) is 0 Å². The average Bonchev–Trinajstić information content (AvgIpc) is 2.94. The summed E-state index contributed by atoms with van der Waals surface area (Å²) >= 11 is 1.64. The van der Waals surface area contributed by atoms with E-state index in [0.717, 1.165) is 12.0 Å². The summed E-state index contributed by atoms with van der Waals surface area (Å²) in [5.74, 6) is 0.632. The van der Waals surface area contributed by atoms with E-state index in [1.54, 1.807) is 11.3 Å². The Labute approximate surface area is 113 Å². The maximum atomic E-state index is 10.6. The molecular weight excluding hydrogens is 240 g/mol. The second kappa shape index (κ2) is 6.17. The third kappa shape index (κ3) is 2.82. The molecule has 0 saturated carbocycles. The minimum atomic E-state index is -0.409. The zero-order chi connectivity index (χ0) is 13.0. The Kier molecular flexibility index (Phi) is 4.56. The number of hydrogen-bond acceptors (Lipinski definition) is 2. The van der Waals surface area contributed by atoms with Gasteiger partial charge in [0.25, 0.3) is 0 Å². The number of benzene rings is 1. The molecule has 0 radical (unpaired) electrons. The molecule has 0 spiro atoms. The maximum Gasteiger partial charge on any atom is 0.0869 e. The van der Waals surface area contributed by atoms with E-state index in [2.05, 4.69) is 26.0 Å². The Balaban J connectivity index is 2.31. The van der Waals surface area contributed by atoms with E-state index in [0.29, 0.717) is 5.92 Å². The summed E-state index contributed by atoms with van der Waals surface area (Å²) in [6.07, 6.45) is 0.661. The van der Waals surface area contributed by atoms with Crippen molar-refractivity contribution < 1.29 is 5.11 Å². The van der Waals surface area contributed by atoms with E-state index in [9.17, 15) is 5.11 Å². The minimum Gasteiger partial charge on any atom is -0.388 e. The molecule has 96 valence electrons. The van der Waals surface area contributed by atoms with Gasteiger partial charge in [0.15, 0.2) is 0 Å². The minimum absolute atomic E-state index is 0.172. The van der Waals surface area contributed by atoms with Gasteiger partial charge in [-0.2, -0.15) is 11.3 Å². The van der Waals surface area contributed by atoms with E-state index in [1.807, 2.05) is 35.0 Å². The molecule has 3 unspecified atom stereocenters. The fourth-order valence-corrected chi connectivity index (χ4v) is 3.09. The standard InChI is InChI=1S/C16H20OS/c1-3-12(2)15(13-7-5-4-6-8-13)16(17)14-9-10-18-11-14/h4-12,15-17H,3H2,1-2H3. The summed E-state index contributed by atoms with van der Waals surface area (Å²) in [4.78, 5) is 0. The van der Waals surface area contributed by atoms with Crippen LogP contribution in [0.3, 0.4) is 0 Å². The lowest BCUT2D eigenvalue weighted by Crippen LogP contribution is -2.17. The van der Waals surface area contributed by atoms with Gasteiger partial charge in [0.05, 0.1) is 6.10 Å². The van der Waals surface area contributed by atoms with Crippen molar-refractivity contribution in [1.29, 1.82) is 0 Å². The van der Waals surface area contributed by atoms with Crippen LogP contribution in [0, 0.1) is 5.92 Å². The molecule has 1 nitrogen and oxygen atoms in total. The monoisotopic (exact) mass is 260 g/mol. The van der Waals surface area contributed by atoms with Crippen LogP contribution in [0.2, 0.25) is 0 Å². The molecule has 0 bridgehead atoms. The number of hydrogen-bond donors (Lipinski definition) is 1. The van der Waals surface area contributed by atoms with Gasteiger partial charge in [0.2, 0.25) is 0 Å². The third-order valence-corrected chi connectivity index (χ3v) is 4.37. The first kappa shape index (κ1) is 13.3. The highest BCUT2D eigenvalue weighted by atomic mass is 32.1. The van der Waals surface area contributed by atoms with Crippen molar-refractivity contribution in [1.82, 2.24) is 0 Å². The highest BCUT2D eigenvalue weighted by molar-refractivity contribution is 7.07. The van der Waals surface area contributed by atoms with Crippen LogP contribution in [0.25, 0.3) is 0 Å². The summed E-state index contributed by atoms with van der Waals surface area (Å²) in [7, 11) is 0. The molecule has 2 rings (SSSR count). The van der Waals surface area contributed by atoms with Crippen molar-refractivity contribution in [2.75, 3.05) is 0 Å². The predicted octanol–water partition coefficient (Wildman–Crippen LogP) is 4.61. The van der Waals surface area contributed by atoms with Crippen molar-refractivity contribution in [3.05, 3.63) is 58.3 Å². The Morgan fingerprint density at radius 1 is 1.11 bits per heavy atom. The highest BCUT2D eigenvalue weighted by Gasteiger charge is 2.27. The van der Waals surface area contributed by atoms with Gasteiger partial charge >= 0.3 is 0 Å². The molecule has 1 aromatic carbocycles. The Bertz CT molecular complexity index is 449. The average molecular weight is 260 g/mol. The zero-order valence-electron chi connectivity index (χ0n) is 10.9.